The molecule has 1 saturated heterocycles. The lowest BCUT2D eigenvalue weighted by atomic mass is 10.1. The Labute approximate surface area is 187 Å². The van der Waals surface area contributed by atoms with Gasteiger partial charge >= 0.3 is 0 Å². The maximum absolute atomic E-state index is 14.0. The Balaban J connectivity index is 1.51. The van der Waals surface area contributed by atoms with Crippen LogP contribution in [0.5, 0.6) is 0 Å². The molecule has 166 valence electrons. The van der Waals surface area contributed by atoms with Gasteiger partial charge in [-0.05, 0) is 36.6 Å². The van der Waals surface area contributed by atoms with Crippen molar-refractivity contribution < 1.29 is 14.0 Å². The number of nitrogens with one attached hydrogen (secondary N) is 1. The quantitative estimate of drug-likeness (QED) is 0.706. The highest BCUT2D eigenvalue weighted by molar-refractivity contribution is 6.31. The van der Waals surface area contributed by atoms with E-state index in [4.69, 9.17) is 11.6 Å². The summed E-state index contributed by atoms with van der Waals surface area (Å²) in [4.78, 5) is 33.0. The number of nitrogens with zero attached hydrogens (tertiary/aromatic N) is 3. The summed E-state index contributed by atoms with van der Waals surface area (Å²) in [7, 11) is 0. The number of amides is 2. The monoisotopic (exact) mass is 446 g/mol. The summed E-state index contributed by atoms with van der Waals surface area (Å²) < 4.78 is 14.0. The minimum absolute atomic E-state index is 0.0512. The molecular weight excluding hydrogens is 419 g/mol. The van der Waals surface area contributed by atoms with E-state index in [-0.39, 0.29) is 28.8 Å². The first-order valence-electron chi connectivity index (χ1n) is 10.5. The normalized spacial score (nSPS) is 14.1. The largest absolute Gasteiger partial charge is 0.353 e. The molecule has 2 aromatic rings. The number of piperazine rings is 1. The van der Waals surface area contributed by atoms with Crippen LogP contribution in [0.2, 0.25) is 5.02 Å². The summed E-state index contributed by atoms with van der Waals surface area (Å²) in [6.45, 7) is 7.14. The summed E-state index contributed by atoms with van der Waals surface area (Å²) >= 11 is 6.04. The van der Waals surface area contributed by atoms with Crippen molar-refractivity contribution in [2.45, 2.75) is 26.7 Å². The molecule has 2 amide bonds. The number of pyridine rings is 1. The second kappa shape index (κ2) is 10.6. The predicted molar refractivity (Wildman–Crippen MR) is 120 cm³/mol. The Morgan fingerprint density at radius 1 is 1.16 bits per heavy atom. The number of aromatic nitrogens is 1. The lowest BCUT2D eigenvalue weighted by Crippen LogP contribution is -2.49. The van der Waals surface area contributed by atoms with Crippen LogP contribution in [-0.2, 0) is 11.2 Å². The lowest BCUT2D eigenvalue weighted by molar-refractivity contribution is -0.130. The Morgan fingerprint density at radius 3 is 2.52 bits per heavy atom. The molecular formula is C23H28ClFN4O2. The van der Waals surface area contributed by atoms with Crippen molar-refractivity contribution in [2.24, 2.45) is 5.92 Å². The third-order valence-corrected chi connectivity index (χ3v) is 5.72. The molecule has 0 bridgehead atoms. The molecule has 8 heteroatoms. The number of halogens is 2. The van der Waals surface area contributed by atoms with Crippen LogP contribution in [0.4, 0.5) is 10.2 Å². The van der Waals surface area contributed by atoms with E-state index in [1.54, 1.807) is 23.2 Å². The molecule has 1 aliphatic rings. The van der Waals surface area contributed by atoms with E-state index in [1.165, 1.54) is 12.1 Å². The van der Waals surface area contributed by atoms with Gasteiger partial charge in [-0.15, -0.1) is 0 Å². The zero-order valence-electron chi connectivity index (χ0n) is 17.9. The summed E-state index contributed by atoms with van der Waals surface area (Å²) in [5.74, 6) is 0.574. The number of carbonyl (C=O) groups is 2. The van der Waals surface area contributed by atoms with Gasteiger partial charge in [0.15, 0.2) is 0 Å². The van der Waals surface area contributed by atoms with Gasteiger partial charge in [-0.1, -0.05) is 31.5 Å². The van der Waals surface area contributed by atoms with Crippen LogP contribution >= 0.6 is 11.6 Å². The van der Waals surface area contributed by atoms with Gasteiger partial charge < -0.3 is 15.1 Å². The molecule has 0 radical (unpaired) electrons. The van der Waals surface area contributed by atoms with Gasteiger partial charge in [0, 0.05) is 49.5 Å². The van der Waals surface area contributed by atoms with Crippen LogP contribution in [-0.4, -0.2) is 54.4 Å². The van der Waals surface area contributed by atoms with Crippen molar-refractivity contribution in [3.05, 3.63) is 58.5 Å². The first kappa shape index (κ1) is 23.0. The fourth-order valence-corrected chi connectivity index (χ4v) is 3.66. The van der Waals surface area contributed by atoms with Gasteiger partial charge in [0.1, 0.15) is 11.6 Å². The van der Waals surface area contributed by atoms with Gasteiger partial charge in [-0.2, -0.15) is 0 Å². The Bertz CT molecular complexity index is 892. The van der Waals surface area contributed by atoms with Gasteiger partial charge in [0.05, 0.1) is 12.0 Å². The molecule has 1 fully saturated rings. The minimum atomic E-state index is -0.461. The molecule has 1 aliphatic heterocycles. The van der Waals surface area contributed by atoms with E-state index >= 15 is 0 Å². The van der Waals surface area contributed by atoms with Crippen LogP contribution in [0.25, 0.3) is 0 Å². The number of hydrogen-bond acceptors (Lipinski definition) is 4. The molecule has 1 aromatic carbocycles. The van der Waals surface area contributed by atoms with Crippen molar-refractivity contribution in [1.82, 2.24) is 15.2 Å². The third-order valence-electron chi connectivity index (χ3n) is 5.36. The first-order chi connectivity index (χ1) is 14.8. The molecule has 1 N–H and O–H groups in total. The number of rotatable bonds is 7. The van der Waals surface area contributed by atoms with Gasteiger partial charge in [0.25, 0.3) is 5.91 Å². The van der Waals surface area contributed by atoms with Gasteiger partial charge in [-0.25, -0.2) is 9.37 Å². The zero-order valence-corrected chi connectivity index (χ0v) is 18.7. The van der Waals surface area contributed by atoms with Gasteiger partial charge in [-0.3, -0.25) is 9.59 Å². The lowest BCUT2D eigenvalue weighted by Gasteiger charge is -2.35. The van der Waals surface area contributed by atoms with Crippen molar-refractivity contribution in [2.75, 3.05) is 37.6 Å². The van der Waals surface area contributed by atoms with E-state index in [1.807, 2.05) is 6.07 Å². The summed E-state index contributed by atoms with van der Waals surface area (Å²) in [6.07, 6.45) is 2.46. The van der Waals surface area contributed by atoms with Gasteiger partial charge in [0.2, 0.25) is 5.91 Å². The first-order valence-corrected chi connectivity index (χ1v) is 10.9. The highest BCUT2D eigenvalue weighted by Crippen LogP contribution is 2.21. The molecule has 1 aromatic heterocycles. The standard InChI is InChI=1S/C23H28ClFN4O2/c1-16(2)8-9-26-23(31)17-6-7-21(27-15-17)28-10-12-29(13-11-28)22(30)14-18-19(24)4-3-5-20(18)25/h3-7,15-16H,8-14H2,1-2H3,(H,26,31). The summed E-state index contributed by atoms with van der Waals surface area (Å²) in [5, 5.41) is 3.17. The van der Waals surface area contributed by atoms with Crippen LogP contribution in [0, 0.1) is 11.7 Å². The van der Waals surface area contributed by atoms with Crippen molar-refractivity contribution in [3.8, 4) is 0 Å². The fourth-order valence-electron chi connectivity index (χ4n) is 3.43. The fraction of sp³-hybridized carbons (Fsp3) is 0.435. The molecule has 2 heterocycles. The van der Waals surface area contributed by atoms with Crippen LogP contribution < -0.4 is 10.2 Å². The van der Waals surface area contributed by atoms with E-state index in [9.17, 15) is 14.0 Å². The second-order valence-corrected chi connectivity index (χ2v) is 8.50. The van der Waals surface area contributed by atoms with E-state index in [0.717, 1.165) is 12.2 Å². The molecule has 0 saturated carbocycles. The molecule has 0 unspecified atom stereocenters. The van der Waals surface area contributed by atoms with E-state index < -0.39 is 5.82 Å². The third kappa shape index (κ3) is 6.17. The topological polar surface area (TPSA) is 65.5 Å². The molecule has 31 heavy (non-hydrogen) atoms. The average molecular weight is 447 g/mol. The summed E-state index contributed by atoms with van der Waals surface area (Å²) in [5.41, 5.74) is 0.767. The molecule has 6 nitrogen and oxygen atoms in total. The SMILES string of the molecule is CC(C)CCNC(=O)c1ccc(N2CCN(C(=O)Cc3c(F)cccc3Cl)CC2)nc1. The smallest absolute Gasteiger partial charge is 0.252 e. The highest BCUT2D eigenvalue weighted by atomic mass is 35.5. The predicted octanol–water partition coefficient (Wildman–Crippen LogP) is 3.54. The van der Waals surface area contributed by atoms with Crippen LogP contribution in [0.1, 0.15) is 36.2 Å². The maximum Gasteiger partial charge on any atom is 0.252 e. The number of carbonyl (C=O) groups excluding carboxylic acids is 2. The minimum Gasteiger partial charge on any atom is -0.353 e. The zero-order chi connectivity index (χ0) is 22.4. The summed E-state index contributed by atoms with van der Waals surface area (Å²) in [6, 6.07) is 8.02. The van der Waals surface area contributed by atoms with Crippen molar-refractivity contribution in [1.29, 1.82) is 0 Å². The average Bonchev–Trinajstić information content (AvgIpc) is 2.76. The maximum atomic E-state index is 14.0. The molecule has 3 rings (SSSR count). The number of anilines is 1. The van der Waals surface area contributed by atoms with E-state index in [2.05, 4.69) is 29.0 Å². The molecule has 0 atom stereocenters. The Kier molecular flexibility index (Phi) is 7.85. The van der Waals surface area contributed by atoms with Crippen LogP contribution in [0.3, 0.4) is 0 Å². The Morgan fingerprint density at radius 2 is 1.90 bits per heavy atom. The van der Waals surface area contributed by atoms with E-state index in [0.29, 0.717) is 44.2 Å². The number of benzene rings is 1. The van der Waals surface area contributed by atoms with Crippen molar-refractivity contribution in [3.63, 3.8) is 0 Å². The highest BCUT2D eigenvalue weighted by Gasteiger charge is 2.23. The van der Waals surface area contributed by atoms with Crippen molar-refractivity contribution >= 4 is 29.2 Å². The molecule has 0 spiro atoms. The second-order valence-electron chi connectivity index (χ2n) is 8.09. The van der Waals surface area contributed by atoms with Crippen LogP contribution in [0.15, 0.2) is 36.5 Å². The molecule has 0 aliphatic carbocycles. The Hall–Kier alpha value is -2.67. The number of hydrogen-bond donors (Lipinski definition) is 1.